The molecule has 25 heteroatoms. The maximum Gasteiger partial charge on any atom is 0.230 e. The van der Waals surface area contributed by atoms with Crippen LogP contribution in [0.5, 0.6) is 34.8 Å². The van der Waals surface area contributed by atoms with Gasteiger partial charge in [0.15, 0.2) is 0 Å². The van der Waals surface area contributed by atoms with Gasteiger partial charge in [0.25, 0.3) is 0 Å². The summed E-state index contributed by atoms with van der Waals surface area (Å²) in [6.45, 7) is 2.33. The minimum Gasteiger partial charge on any atom is -0.457 e. The second kappa shape index (κ2) is 24.0. The first-order valence-corrected chi connectivity index (χ1v) is 32.4. The quantitative estimate of drug-likeness (QED) is 0.0945. The van der Waals surface area contributed by atoms with Crippen molar-refractivity contribution in [2.45, 2.75) is 16.6 Å². The number of hydrogen-bond acceptors (Lipinski definition) is 17. The van der Waals surface area contributed by atoms with Crippen LogP contribution in [0.1, 0.15) is 33.4 Å². The molecule has 15 rings (SSSR count). The van der Waals surface area contributed by atoms with Crippen molar-refractivity contribution in [2.24, 2.45) is 32.2 Å². The van der Waals surface area contributed by atoms with Gasteiger partial charge in [-0.05, 0) is 247 Å². The van der Waals surface area contributed by atoms with Gasteiger partial charge in [-0.1, -0.05) is 15.9 Å². The van der Waals surface area contributed by atoms with Crippen LogP contribution in [-0.2, 0) is 30.8 Å². The lowest BCUT2D eigenvalue weighted by Gasteiger charge is -2.39. The predicted octanol–water partition coefficient (Wildman–Crippen LogP) is 13.9. The van der Waals surface area contributed by atoms with Crippen LogP contribution >= 0.6 is 154 Å². The Morgan fingerprint density at radius 2 is 0.807 bits per heavy atom. The zero-order chi connectivity index (χ0) is 58.0. The number of aromatic nitrogens is 3. The third-order valence-electron chi connectivity index (χ3n) is 13.8. The first-order valence-electron chi connectivity index (χ1n) is 24.9. The molecule has 17 nitrogen and oxygen atoms in total. The number of nitrogens with zero attached hydrogens (tertiary/aromatic N) is 6. The van der Waals surface area contributed by atoms with Gasteiger partial charge in [-0.15, -0.1) is 0 Å². The highest BCUT2D eigenvalue weighted by Gasteiger charge is 2.48. The highest BCUT2D eigenvalue weighted by Crippen LogP contribution is 2.53. The normalized spacial score (nSPS) is 20.2. The molecule has 5 aromatic carbocycles. The molecular formula is C58H39Br4I4N9O8. The number of pyridine rings is 3. The summed E-state index contributed by atoms with van der Waals surface area (Å²) in [5, 5.41) is 1.08. The summed E-state index contributed by atoms with van der Waals surface area (Å²) in [4.78, 5) is 39.5. The SMILES string of the molecule is NC1=NC2(COC1)c1cc(Br)ccc1Oc1ccc(I)cc12.NC1=N[C@@]2(COC1)c1cc(I)ccc1Oc1ncc(Br)cc12.NC1=N[C@]2(COC1)c1cc(I)ccc1Oc1ncc(Br)cc12.O=c1c2cc(I)ccc2oc2ncc(Br)cc12. The van der Waals surface area contributed by atoms with Gasteiger partial charge in [0.2, 0.25) is 22.9 Å². The fraction of sp³-hybridized carbons (Fsp3) is 0.155. The Bertz CT molecular complexity index is 3770. The van der Waals surface area contributed by atoms with E-state index in [1.165, 1.54) is 0 Å². The van der Waals surface area contributed by atoms with Gasteiger partial charge < -0.3 is 50.0 Å². The maximum absolute atomic E-state index is 12.3. The summed E-state index contributed by atoms with van der Waals surface area (Å²) in [5.41, 5.74) is 22.4. The van der Waals surface area contributed by atoms with E-state index in [4.69, 9.17) is 65.0 Å². The number of aliphatic imine (C=N–C) groups is 3. The Labute approximate surface area is 561 Å². The molecule has 0 saturated carbocycles. The average Bonchev–Trinajstić information content (AvgIpc) is 2.56. The van der Waals surface area contributed by atoms with Crippen LogP contribution in [0.2, 0.25) is 0 Å². The topological polar surface area (TPSA) is 239 Å². The van der Waals surface area contributed by atoms with E-state index in [0.29, 0.717) is 91.0 Å². The Balaban J connectivity index is 0.000000110. The molecule has 0 amide bonds. The molecular weight excluding hydrogens is 1780 g/mol. The van der Waals surface area contributed by atoms with E-state index in [2.05, 4.69) is 187 Å². The third-order valence-corrected chi connectivity index (χ3v) is 18.3. The molecule has 6 aliphatic rings. The van der Waals surface area contributed by atoms with E-state index in [9.17, 15) is 4.79 Å². The largest absolute Gasteiger partial charge is 0.457 e. The average molecular weight is 1820 g/mol. The van der Waals surface area contributed by atoms with Crippen LogP contribution in [0.25, 0.3) is 22.1 Å². The van der Waals surface area contributed by atoms with Gasteiger partial charge in [0.1, 0.15) is 82.5 Å². The molecule has 6 aliphatic heterocycles. The van der Waals surface area contributed by atoms with Crippen molar-refractivity contribution >= 4 is 194 Å². The minimum atomic E-state index is -0.705. The lowest BCUT2D eigenvalue weighted by molar-refractivity contribution is 0.109. The minimum absolute atomic E-state index is 0.0476. The lowest BCUT2D eigenvalue weighted by Crippen LogP contribution is -2.42. The van der Waals surface area contributed by atoms with Gasteiger partial charge >= 0.3 is 0 Å². The maximum atomic E-state index is 12.3. The predicted molar refractivity (Wildman–Crippen MR) is 364 cm³/mol. The molecule has 0 saturated heterocycles. The zero-order valence-corrected chi connectivity index (χ0v) is 57.5. The fourth-order valence-electron chi connectivity index (χ4n) is 10.4. The molecule has 3 atom stereocenters. The smallest absolute Gasteiger partial charge is 0.230 e. The molecule has 420 valence electrons. The molecule has 4 aromatic heterocycles. The van der Waals surface area contributed by atoms with E-state index >= 15 is 0 Å². The number of benzene rings is 5. The highest BCUT2D eigenvalue weighted by atomic mass is 127. The standard InChI is InChI=1S/C16H12BrIN2O2.2C15H11BrIN3O2.C12H5BrINO2/c17-9-1-3-13-11(5-9)16(8-21-7-15(19)20-16)12-6-10(18)2-4-14(12)22-13;2*16-8-3-11-14(19-5-8)22-12-2-1-9(17)4-10(12)15(11)7-21-6-13(18)20-15;13-6-3-9-11(16)8-4-7(14)1-2-10(8)17-12(9)15-5-6/h1-6H,7-8H2,(H2,19,20);2*1-5H,6-7H2,(H2,18,20);1-5H/t;2*15-;/m.10./s1. The van der Waals surface area contributed by atoms with Crippen molar-refractivity contribution < 1.29 is 32.8 Å². The van der Waals surface area contributed by atoms with Gasteiger partial charge in [-0.25, -0.2) is 15.0 Å². The Morgan fingerprint density at radius 1 is 0.422 bits per heavy atom. The molecule has 3 spiro atoms. The van der Waals surface area contributed by atoms with Crippen molar-refractivity contribution in [2.75, 3.05) is 39.6 Å². The summed E-state index contributed by atoms with van der Waals surface area (Å²) < 4.78 is 48.5. The van der Waals surface area contributed by atoms with E-state index in [-0.39, 0.29) is 5.43 Å². The van der Waals surface area contributed by atoms with Gasteiger partial charge in [-0.3, -0.25) is 19.8 Å². The molecule has 0 aliphatic carbocycles. The van der Waals surface area contributed by atoms with Gasteiger partial charge in [0, 0.05) is 73.0 Å². The molecule has 9 aromatic rings. The Hall–Kier alpha value is -4.45. The van der Waals surface area contributed by atoms with Crippen LogP contribution in [0.15, 0.2) is 170 Å². The van der Waals surface area contributed by atoms with E-state index in [1.807, 2.05) is 78.9 Å². The summed E-state index contributed by atoms with van der Waals surface area (Å²) in [6.07, 6.45) is 5.03. The second-order valence-electron chi connectivity index (χ2n) is 19.3. The Kier molecular flexibility index (Phi) is 17.0. The lowest BCUT2D eigenvalue weighted by atomic mass is 9.80. The van der Waals surface area contributed by atoms with Crippen molar-refractivity contribution in [3.63, 3.8) is 0 Å². The van der Waals surface area contributed by atoms with Crippen LogP contribution in [0, 0.1) is 14.3 Å². The van der Waals surface area contributed by atoms with E-state index < -0.39 is 16.6 Å². The fourth-order valence-corrected chi connectivity index (χ4v) is 13.7. The molecule has 1 unspecified atom stereocenters. The number of rotatable bonds is 0. The first kappa shape index (κ1) is 58.9. The summed E-state index contributed by atoms with van der Waals surface area (Å²) in [6, 6.07) is 35.2. The molecule has 0 radical (unpaired) electrons. The summed E-state index contributed by atoms with van der Waals surface area (Å²) in [5.74, 6) is 5.61. The van der Waals surface area contributed by atoms with E-state index in [0.717, 1.165) is 88.6 Å². The highest BCUT2D eigenvalue weighted by molar-refractivity contribution is 14.1. The van der Waals surface area contributed by atoms with E-state index in [1.54, 1.807) is 30.7 Å². The van der Waals surface area contributed by atoms with Crippen LogP contribution in [0.3, 0.4) is 0 Å². The summed E-state index contributed by atoms with van der Waals surface area (Å²) >= 11 is 22.8. The van der Waals surface area contributed by atoms with Crippen molar-refractivity contribution in [3.05, 3.63) is 204 Å². The zero-order valence-electron chi connectivity index (χ0n) is 42.6. The molecule has 0 bridgehead atoms. The van der Waals surface area contributed by atoms with Crippen molar-refractivity contribution in [3.8, 4) is 34.8 Å². The molecule has 6 N–H and O–H groups in total. The molecule has 10 heterocycles. The molecule has 0 fully saturated rings. The number of halogens is 8. The van der Waals surface area contributed by atoms with Crippen LogP contribution < -0.4 is 36.8 Å². The number of nitrogens with two attached hydrogens (primary N) is 3. The number of hydrogen-bond donors (Lipinski definition) is 3. The van der Waals surface area contributed by atoms with Crippen molar-refractivity contribution in [1.82, 2.24) is 15.0 Å². The second-order valence-corrected chi connectivity index (χ2v) is 28.0. The number of ether oxygens (including phenoxy) is 6. The van der Waals surface area contributed by atoms with Crippen LogP contribution in [0.4, 0.5) is 0 Å². The first-order chi connectivity index (χ1) is 39.9. The van der Waals surface area contributed by atoms with Gasteiger partial charge in [-0.2, -0.15) is 0 Å². The monoisotopic (exact) mass is 1810 g/mol. The summed E-state index contributed by atoms with van der Waals surface area (Å²) in [7, 11) is 0. The number of amidine groups is 3. The van der Waals surface area contributed by atoms with Gasteiger partial charge in [0.05, 0.1) is 41.7 Å². The molecule has 83 heavy (non-hydrogen) atoms. The van der Waals surface area contributed by atoms with Crippen LogP contribution in [-0.4, -0.2) is 72.1 Å². The number of fused-ring (bicyclic) bond motifs is 14. The third kappa shape index (κ3) is 11.6. The Morgan fingerprint density at radius 3 is 1.29 bits per heavy atom. The van der Waals surface area contributed by atoms with Crippen molar-refractivity contribution in [1.29, 1.82) is 0 Å².